The molecule has 1 aliphatic heterocycles. The molecule has 1 aliphatic rings. The van der Waals surface area contributed by atoms with Gasteiger partial charge < -0.3 is 10.0 Å². The van der Waals surface area contributed by atoms with Crippen LogP contribution in [0.15, 0.2) is 78.1 Å². The van der Waals surface area contributed by atoms with E-state index in [0.717, 1.165) is 30.4 Å². The van der Waals surface area contributed by atoms with E-state index in [1.54, 1.807) is 11.0 Å². The highest BCUT2D eigenvalue weighted by Gasteiger charge is 2.42. The van der Waals surface area contributed by atoms with Crippen LogP contribution in [-0.4, -0.2) is 28.2 Å². The maximum Gasteiger partial charge on any atom is 0.290 e. The molecule has 0 fully saturated rings. The number of ketones is 1. The summed E-state index contributed by atoms with van der Waals surface area (Å²) in [5.74, 6) is -1.20. The predicted molar refractivity (Wildman–Crippen MR) is 161 cm³/mol. The summed E-state index contributed by atoms with van der Waals surface area (Å²) in [6.45, 7) is 2.79. The van der Waals surface area contributed by atoms with Gasteiger partial charge in [-0.2, -0.15) is 0 Å². The summed E-state index contributed by atoms with van der Waals surface area (Å²) in [6.07, 6.45) is 21.0. The molecule has 0 bridgehead atoms. The zero-order valence-electron chi connectivity index (χ0n) is 23.8. The molecule has 0 saturated heterocycles. The molecule has 0 spiro atoms. The van der Waals surface area contributed by atoms with Gasteiger partial charge in [-0.25, -0.2) is 0 Å². The predicted octanol–water partition coefficient (Wildman–Crippen LogP) is 9.15. The molecule has 1 atom stereocenters. The molecular weight excluding hydrogens is 482 g/mol. The van der Waals surface area contributed by atoms with Gasteiger partial charge in [0.05, 0.1) is 11.6 Å². The van der Waals surface area contributed by atoms with Crippen molar-refractivity contribution in [3.63, 3.8) is 0 Å². The van der Waals surface area contributed by atoms with Crippen molar-refractivity contribution in [2.45, 2.75) is 103 Å². The SMILES string of the molecule is CCCCCCCCCCCCCCCCN1C(=O)C(O)=C(C(=O)C=Cc2ccccc2)C1c1ccccc1. The van der Waals surface area contributed by atoms with Crippen LogP contribution in [0.2, 0.25) is 0 Å². The number of hydrogen-bond donors (Lipinski definition) is 1. The third-order valence-corrected chi connectivity index (χ3v) is 7.66. The van der Waals surface area contributed by atoms with Gasteiger partial charge >= 0.3 is 0 Å². The smallest absolute Gasteiger partial charge is 0.290 e. The van der Waals surface area contributed by atoms with Crippen LogP contribution in [0.1, 0.15) is 114 Å². The van der Waals surface area contributed by atoms with Crippen LogP contribution in [0.4, 0.5) is 0 Å². The molecule has 1 amide bonds. The molecule has 3 rings (SSSR count). The Kier molecular flexibility index (Phi) is 13.6. The maximum absolute atomic E-state index is 13.2. The summed E-state index contributed by atoms with van der Waals surface area (Å²) in [5, 5.41) is 10.8. The van der Waals surface area contributed by atoms with Crippen molar-refractivity contribution in [3.05, 3.63) is 89.2 Å². The Bertz CT molecular complexity index is 1060. The third-order valence-electron chi connectivity index (χ3n) is 7.66. The van der Waals surface area contributed by atoms with Crippen LogP contribution in [-0.2, 0) is 9.59 Å². The molecule has 0 saturated carbocycles. The van der Waals surface area contributed by atoms with E-state index < -0.39 is 17.7 Å². The molecule has 1 N–H and O–H groups in total. The molecule has 1 unspecified atom stereocenters. The number of nitrogens with zero attached hydrogens (tertiary/aromatic N) is 1. The Morgan fingerprint density at radius 1 is 0.744 bits per heavy atom. The van der Waals surface area contributed by atoms with E-state index in [1.165, 1.54) is 76.7 Å². The van der Waals surface area contributed by atoms with Gasteiger partial charge in [-0.1, -0.05) is 157 Å². The Morgan fingerprint density at radius 2 is 1.23 bits per heavy atom. The van der Waals surface area contributed by atoms with E-state index in [2.05, 4.69) is 6.92 Å². The van der Waals surface area contributed by atoms with Crippen molar-refractivity contribution in [2.24, 2.45) is 0 Å². The number of rotatable bonds is 19. The van der Waals surface area contributed by atoms with Crippen molar-refractivity contribution >= 4 is 17.8 Å². The van der Waals surface area contributed by atoms with E-state index >= 15 is 0 Å². The number of aliphatic hydroxyl groups excluding tert-OH is 1. The van der Waals surface area contributed by atoms with Crippen molar-refractivity contribution in [2.75, 3.05) is 6.54 Å². The number of carbonyl (C=O) groups is 2. The molecule has 0 radical (unpaired) electrons. The summed E-state index contributed by atoms with van der Waals surface area (Å²) in [5.41, 5.74) is 1.91. The number of benzene rings is 2. The molecule has 210 valence electrons. The molecule has 4 nitrogen and oxygen atoms in total. The number of hydrogen-bond acceptors (Lipinski definition) is 3. The zero-order valence-corrected chi connectivity index (χ0v) is 23.8. The van der Waals surface area contributed by atoms with Crippen molar-refractivity contribution in [3.8, 4) is 0 Å². The number of unbranched alkanes of at least 4 members (excludes halogenated alkanes) is 13. The zero-order chi connectivity index (χ0) is 27.7. The van der Waals surface area contributed by atoms with Gasteiger partial charge in [0.1, 0.15) is 0 Å². The van der Waals surface area contributed by atoms with E-state index in [9.17, 15) is 14.7 Å². The normalized spacial score (nSPS) is 15.6. The number of allylic oxidation sites excluding steroid dienone is 1. The van der Waals surface area contributed by atoms with E-state index in [1.807, 2.05) is 60.7 Å². The Morgan fingerprint density at radius 3 is 1.77 bits per heavy atom. The Balaban J connectivity index is 1.46. The van der Waals surface area contributed by atoms with Crippen LogP contribution in [0, 0.1) is 0 Å². The van der Waals surface area contributed by atoms with Gasteiger partial charge in [0.15, 0.2) is 11.5 Å². The molecule has 0 aliphatic carbocycles. The lowest BCUT2D eigenvalue weighted by molar-refractivity contribution is -0.129. The molecule has 1 heterocycles. The van der Waals surface area contributed by atoms with Gasteiger partial charge in [0.2, 0.25) is 0 Å². The van der Waals surface area contributed by atoms with Crippen LogP contribution in [0.25, 0.3) is 6.08 Å². The minimum Gasteiger partial charge on any atom is -0.503 e. The van der Waals surface area contributed by atoms with E-state index in [4.69, 9.17) is 0 Å². The van der Waals surface area contributed by atoms with Gasteiger partial charge in [-0.05, 0) is 23.6 Å². The largest absolute Gasteiger partial charge is 0.503 e. The summed E-state index contributed by atoms with van der Waals surface area (Å²) < 4.78 is 0. The lowest BCUT2D eigenvalue weighted by Crippen LogP contribution is -2.32. The lowest BCUT2D eigenvalue weighted by Gasteiger charge is -2.26. The Hall–Kier alpha value is -3.14. The summed E-state index contributed by atoms with van der Waals surface area (Å²) in [7, 11) is 0. The first-order chi connectivity index (χ1) is 19.1. The summed E-state index contributed by atoms with van der Waals surface area (Å²) in [6, 6.07) is 18.6. The summed E-state index contributed by atoms with van der Waals surface area (Å²) >= 11 is 0. The van der Waals surface area contributed by atoms with Crippen LogP contribution in [0.3, 0.4) is 0 Å². The van der Waals surface area contributed by atoms with Gasteiger partial charge in [-0.3, -0.25) is 9.59 Å². The first-order valence-corrected chi connectivity index (χ1v) is 15.2. The highest BCUT2D eigenvalue weighted by molar-refractivity contribution is 6.14. The maximum atomic E-state index is 13.2. The van der Waals surface area contributed by atoms with E-state index in [-0.39, 0.29) is 11.4 Å². The molecule has 2 aromatic carbocycles. The molecular formula is C35H47NO3. The highest BCUT2D eigenvalue weighted by atomic mass is 16.3. The van der Waals surface area contributed by atoms with Crippen molar-refractivity contribution in [1.29, 1.82) is 0 Å². The van der Waals surface area contributed by atoms with Gasteiger partial charge in [0, 0.05) is 6.54 Å². The van der Waals surface area contributed by atoms with Crippen LogP contribution < -0.4 is 0 Å². The minimum atomic E-state index is -0.561. The fourth-order valence-electron chi connectivity index (χ4n) is 5.42. The average Bonchev–Trinajstić information content (AvgIpc) is 3.22. The second-order valence-electron chi connectivity index (χ2n) is 10.8. The highest BCUT2D eigenvalue weighted by Crippen LogP contribution is 2.38. The third kappa shape index (κ3) is 9.84. The summed E-state index contributed by atoms with van der Waals surface area (Å²) in [4.78, 5) is 28.0. The average molecular weight is 530 g/mol. The second kappa shape index (κ2) is 17.4. The molecule has 2 aromatic rings. The fourth-order valence-corrected chi connectivity index (χ4v) is 5.42. The monoisotopic (exact) mass is 529 g/mol. The number of amides is 1. The van der Waals surface area contributed by atoms with Crippen LogP contribution >= 0.6 is 0 Å². The molecule has 39 heavy (non-hydrogen) atoms. The fraction of sp³-hybridized carbons (Fsp3) is 0.486. The molecule has 4 heteroatoms. The van der Waals surface area contributed by atoms with Crippen LogP contribution in [0.5, 0.6) is 0 Å². The Labute approximate surface area is 235 Å². The first kappa shape index (κ1) is 30.4. The quantitative estimate of drug-likeness (QED) is 0.146. The minimum absolute atomic E-state index is 0.170. The second-order valence-corrected chi connectivity index (χ2v) is 10.8. The van der Waals surface area contributed by atoms with Gasteiger partial charge in [0.25, 0.3) is 5.91 Å². The van der Waals surface area contributed by atoms with Crippen molar-refractivity contribution < 1.29 is 14.7 Å². The lowest BCUT2D eigenvalue weighted by atomic mass is 9.95. The number of aliphatic hydroxyl groups is 1. The topological polar surface area (TPSA) is 57.6 Å². The standard InChI is InChI=1S/C35H47NO3/c1-2-3-4-5-6-7-8-9-10-11-12-13-14-21-28-36-33(30-24-19-16-20-25-30)32(34(38)35(36)39)31(37)27-26-29-22-17-15-18-23-29/h15-20,22-27,33,38H,2-14,21,28H2,1H3. The first-order valence-electron chi connectivity index (χ1n) is 15.2. The number of carbonyl (C=O) groups excluding carboxylic acids is 2. The van der Waals surface area contributed by atoms with Crippen molar-refractivity contribution in [1.82, 2.24) is 4.90 Å². The van der Waals surface area contributed by atoms with Gasteiger partial charge in [-0.15, -0.1) is 0 Å². The van der Waals surface area contributed by atoms with E-state index in [0.29, 0.717) is 6.54 Å². The molecule has 0 aromatic heterocycles.